The molecule has 0 atom stereocenters. The molecule has 8 heteroatoms. The average molecular weight is 364 g/mol. The van der Waals surface area contributed by atoms with Crippen LogP contribution in [0.3, 0.4) is 0 Å². The summed E-state index contributed by atoms with van der Waals surface area (Å²) in [5.74, 6) is -0.175. The van der Waals surface area contributed by atoms with E-state index in [2.05, 4.69) is 5.32 Å². The fourth-order valence-corrected chi connectivity index (χ4v) is 3.26. The van der Waals surface area contributed by atoms with Gasteiger partial charge in [0.2, 0.25) is 0 Å². The maximum absolute atomic E-state index is 12.4. The van der Waals surface area contributed by atoms with E-state index in [0.717, 1.165) is 0 Å². The summed E-state index contributed by atoms with van der Waals surface area (Å²) in [6.07, 6.45) is 2.62. The van der Waals surface area contributed by atoms with Gasteiger partial charge in [0, 0.05) is 36.3 Å². The molecule has 1 aromatic carbocycles. The summed E-state index contributed by atoms with van der Waals surface area (Å²) in [7, 11) is 1.58. The van der Waals surface area contributed by atoms with Crippen LogP contribution in [0.15, 0.2) is 24.3 Å². The number of methoxy groups -OCH3 is 1. The average Bonchev–Trinajstić information content (AvgIpc) is 2.66. The maximum Gasteiger partial charge on any atom is 0.265 e. The van der Waals surface area contributed by atoms with Crippen LogP contribution in [0.5, 0.6) is 5.75 Å². The molecule has 26 heavy (non-hydrogen) atoms. The molecule has 2 fully saturated rings. The third kappa shape index (κ3) is 3.81. The molecule has 3 rings (SSSR count). The van der Waals surface area contributed by atoms with Crippen molar-refractivity contribution in [2.24, 2.45) is 0 Å². The van der Waals surface area contributed by atoms with E-state index < -0.39 is 11.3 Å². The Kier molecular flexibility index (Phi) is 5.15. The standard InChI is InChI=1S/C18H24N2O6/c1-17(20(22)23)11-25-18(26-12-17)9-7-14(8-10-18)19-16(21)13-3-5-15(24-2)6-4-13/h3-6,14H,7-12H2,1-2H3,(H,19,21). The predicted molar refractivity (Wildman–Crippen MR) is 92.8 cm³/mol. The molecule has 0 unspecified atom stereocenters. The summed E-state index contributed by atoms with van der Waals surface area (Å²) in [5, 5.41) is 14.1. The van der Waals surface area contributed by atoms with Crippen molar-refractivity contribution in [3.8, 4) is 5.75 Å². The van der Waals surface area contributed by atoms with E-state index in [0.29, 0.717) is 37.0 Å². The fraction of sp³-hybridized carbons (Fsp3) is 0.611. The molecule has 8 nitrogen and oxygen atoms in total. The first kappa shape index (κ1) is 18.6. The highest BCUT2D eigenvalue weighted by Crippen LogP contribution is 2.37. The lowest BCUT2D eigenvalue weighted by atomic mass is 9.88. The first-order valence-corrected chi connectivity index (χ1v) is 8.73. The molecule has 1 aliphatic carbocycles. The highest BCUT2D eigenvalue weighted by molar-refractivity contribution is 5.94. The van der Waals surface area contributed by atoms with Crippen molar-refractivity contribution < 1.29 is 23.9 Å². The Morgan fingerprint density at radius 1 is 1.23 bits per heavy atom. The zero-order chi connectivity index (χ0) is 18.8. The van der Waals surface area contributed by atoms with E-state index >= 15 is 0 Å². The molecular formula is C18H24N2O6. The molecule has 1 N–H and O–H groups in total. The molecule has 1 aromatic rings. The minimum Gasteiger partial charge on any atom is -0.497 e. The van der Waals surface area contributed by atoms with Gasteiger partial charge in [0.15, 0.2) is 5.79 Å². The molecule has 0 aromatic heterocycles. The molecule has 1 amide bonds. The van der Waals surface area contributed by atoms with Gasteiger partial charge in [-0.3, -0.25) is 14.9 Å². The first-order valence-electron chi connectivity index (χ1n) is 8.73. The number of rotatable bonds is 4. The van der Waals surface area contributed by atoms with Gasteiger partial charge in [0.05, 0.1) is 7.11 Å². The van der Waals surface area contributed by atoms with Crippen LogP contribution in [0.4, 0.5) is 0 Å². The normalized spacial score (nSPS) is 31.4. The minimum absolute atomic E-state index is 0.0336. The van der Waals surface area contributed by atoms with Crippen LogP contribution in [0.2, 0.25) is 0 Å². The fourth-order valence-electron chi connectivity index (χ4n) is 3.26. The molecule has 0 bridgehead atoms. The Bertz CT molecular complexity index is 657. The molecule has 2 aliphatic rings. The number of nitrogens with one attached hydrogen (secondary N) is 1. The van der Waals surface area contributed by atoms with Gasteiger partial charge < -0.3 is 19.5 Å². The number of hydrogen-bond donors (Lipinski definition) is 1. The number of nitro groups is 1. The van der Waals surface area contributed by atoms with Gasteiger partial charge in [-0.2, -0.15) is 0 Å². The number of carbonyl (C=O) groups excluding carboxylic acids is 1. The van der Waals surface area contributed by atoms with E-state index in [1.54, 1.807) is 31.4 Å². The van der Waals surface area contributed by atoms with Gasteiger partial charge in [-0.05, 0) is 37.1 Å². The van der Waals surface area contributed by atoms with Crippen molar-refractivity contribution in [2.75, 3.05) is 20.3 Å². The zero-order valence-electron chi connectivity index (χ0n) is 15.0. The van der Waals surface area contributed by atoms with Crippen molar-refractivity contribution in [2.45, 2.75) is 50.0 Å². The Morgan fingerprint density at radius 3 is 2.31 bits per heavy atom. The summed E-state index contributed by atoms with van der Waals surface area (Å²) in [6.45, 7) is 1.62. The number of carbonyl (C=O) groups is 1. The maximum atomic E-state index is 12.4. The summed E-state index contributed by atoms with van der Waals surface area (Å²) >= 11 is 0. The second kappa shape index (κ2) is 7.20. The smallest absolute Gasteiger partial charge is 0.265 e. The van der Waals surface area contributed by atoms with E-state index in [4.69, 9.17) is 14.2 Å². The first-order chi connectivity index (χ1) is 12.4. The quantitative estimate of drug-likeness (QED) is 0.649. The van der Waals surface area contributed by atoms with E-state index in [1.165, 1.54) is 6.92 Å². The van der Waals surface area contributed by atoms with Crippen molar-refractivity contribution in [1.82, 2.24) is 5.32 Å². The number of nitrogens with zero attached hydrogens (tertiary/aromatic N) is 1. The molecule has 1 saturated carbocycles. The molecular weight excluding hydrogens is 340 g/mol. The third-order valence-corrected chi connectivity index (χ3v) is 5.17. The molecule has 0 radical (unpaired) electrons. The predicted octanol–water partition coefficient (Wildman–Crippen LogP) is 2.15. The summed E-state index contributed by atoms with van der Waals surface area (Å²) in [4.78, 5) is 23.1. The van der Waals surface area contributed by atoms with Gasteiger partial charge in [0.25, 0.3) is 11.4 Å². The third-order valence-electron chi connectivity index (χ3n) is 5.17. The molecule has 1 spiro atoms. The van der Waals surface area contributed by atoms with Gasteiger partial charge >= 0.3 is 0 Å². The van der Waals surface area contributed by atoms with Gasteiger partial charge in [-0.25, -0.2) is 0 Å². The van der Waals surface area contributed by atoms with Crippen molar-refractivity contribution in [3.63, 3.8) is 0 Å². The number of ether oxygens (including phenoxy) is 3. The van der Waals surface area contributed by atoms with Crippen LogP contribution >= 0.6 is 0 Å². The van der Waals surface area contributed by atoms with Gasteiger partial charge in [0.1, 0.15) is 19.0 Å². The largest absolute Gasteiger partial charge is 0.497 e. The lowest BCUT2D eigenvalue weighted by Gasteiger charge is -2.44. The summed E-state index contributed by atoms with van der Waals surface area (Å²) in [6, 6.07) is 6.99. The topological polar surface area (TPSA) is 99.9 Å². The van der Waals surface area contributed by atoms with E-state index in [1.807, 2.05) is 0 Å². The van der Waals surface area contributed by atoms with Crippen molar-refractivity contribution in [3.05, 3.63) is 39.9 Å². The van der Waals surface area contributed by atoms with E-state index in [-0.39, 0.29) is 30.1 Å². The van der Waals surface area contributed by atoms with Crippen LogP contribution in [0.1, 0.15) is 43.0 Å². The second-order valence-electron chi connectivity index (χ2n) is 7.22. The van der Waals surface area contributed by atoms with Gasteiger partial charge in [-0.1, -0.05) is 0 Å². The summed E-state index contributed by atoms with van der Waals surface area (Å²) < 4.78 is 16.6. The Hall–Kier alpha value is -2.19. The van der Waals surface area contributed by atoms with Crippen molar-refractivity contribution in [1.29, 1.82) is 0 Å². The Balaban J connectivity index is 1.51. The molecule has 142 valence electrons. The lowest BCUT2D eigenvalue weighted by molar-refractivity contribution is -0.592. The van der Waals surface area contributed by atoms with Crippen molar-refractivity contribution >= 4 is 5.91 Å². The van der Waals surface area contributed by atoms with E-state index in [9.17, 15) is 14.9 Å². The summed E-state index contributed by atoms with van der Waals surface area (Å²) in [5.41, 5.74) is -0.608. The monoisotopic (exact) mass is 364 g/mol. The second-order valence-corrected chi connectivity index (χ2v) is 7.22. The Labute approximate surface area is 152 Å². The van der Waals surface area contributed by atoms with Crippen LogP contribution in [-0.4, -0.2) is 48.5 Å². The lowest BCUT2D eigenvalue weighted by Crippen LogP contribution is -2.57. The number of amides is 1. The van der Waals surface area contributed by atoms with Crippen LogP contribution in [-0.2, 0) is 9.47 Å². The zero-order valence-corrected chi connectivity index (χ0v) is 15.0. The highest BCUT2D eigenvalue weighted by Gasteiger charge is 2.50. The SMILES string of the molecule is COc1ccc(C(=O)NC2CCC3(CC2)OCC(C)([N+](=O)[O-])CO3)cc1. The number of benzene rings is 1. The van der Waals surface area contributed by atoms with Crippen LogP contribution < -0.4 is 10.1 Å². The number of hydrogen-bond acceptors (Lipinski definition) is 6. The van der Waals surface area contributed by atoms with Crippen LogP contribution in [0.25, 0.3) is 0 Å². The molecule has 1 aliphatic heterocycles. The Morgan fingerprint density at radius 2 is 1.81 bits per heavy atom. The van der Waals surface area contributed by atoms with Crippen LogP contribution in [0, 0.1) is 10.1 Å². The minimum atomic E-state index is -1.19. The highest BCUT2D eigenvalue weighted by atomic mass is 16.7. The van der Waals surface area contributed by atoms with Gasteiger partial charge in [-0.15, -0.1) is 0 Å². The molecule has 1 saturated heterocycles. The molecule has 1 heterocycles.